The van der Waals surface area contributed by atoms with E-state index in [9.17, 15) is 0 Å². The summed E-state index contributed by atoms with van der Waals surface area (Å²) in [6.45, 7) is 2.05. The third-order valence-electron chi connectivity index (χ3n) is 2.66. The number of halogens is 1. The zero-order chi connectivity index (χ0) is 10.4. The zero-order valence-electron chi connectivity index (χ0n) is 8.25. The Morgan fingerprint density at radius 1 is 1.07 bits per heavy atom. The minimum atomic E-state index is 0.708. The fraction of sp³-hybridized carbons (Fsp3) is 0.0769. The molecule has 0 amide bonds. The maximum atomic E-state index is 5.93. The molecule has 0 aliphatic carbocycles. The van der Waals surface area contributed by atoms with Gasteiger partial charge in [0.1, 0.15) is 11.2 Å². The van der Waals surface area contributed by atoms with Crippen LogP contribution in [0.3, 0.4) is 0 Å². The molecule has 3 rings (SSSR count). The third-order valence-corrected chi connectivity index (χ3v) is 2.89. The number of fused-ring (bicyclic) bond motifs is 3. The van der Waals surface area contributed by atoms with Crippen molar-refractivity contribution >= 4 is 33.5 Å². The van der Waals surface area contributed by atoms with E-state index in [4.69, 9.17) is 16.0 Å². The molecule has 74 valence electrons. The summed E-state index contributed by atoms with van der Waals surface area (Å²) in [6.07, 6.45) is 0. The van der Waals surface area contributed by atoms with Crippen LogP contribution in [0.25, 0.3) is 21.9 Å². The average molecular weight is 217 g/mol. The Balaban J connectivity index is 2.57. The number of para-hydroxylation sites is 1. The molecule has 0 atom stereocenters. The van der Waals surface area contributed by atoms with Crippen molar-refractivity contribution in [3.8, 4) is 0 Å². The Hall–Kier alpha value is -1.47. The second-order valence-electron chi connectivity index (χ2n) is 3.69. The number of hydrogen-bond donors (Lipinski definition) is 0. The molecule has 2 heteroatoms. The highest BCUT2D eigenvalue weighted by atomic mass is 35.5. The molecule has 0 N–H and O–H groups in total. The highest BCUT2D eigenvalue weighted by Gasteiger charge is 2.07. The molecule has 0 saturated carbocycles. The molecule has 0 radical (unpaired) electrons. The Bertz CT molecular complexity index is 652. The van der Waals surface area contributed by atoms with Crippen molar-refractivity contribution in [2.45, 2.75) is 6.92 Å². The summed E-state index contributed by atoms with van der Waals surface area (Å²) >= 11 is 5.93. The first-order valence-corrected chi connectivity index (χ1v) is 5.21. The predicted molar refractivity (Wildman–Crippen MR) is 63.5 cm³/mol. The topological polar surface area (TPSA) is 13.1 Å². The van der Waals surface area contributed by atoms with Crippen LogP contribution in [0.15, 0.2) is 40.8 Å². The first-order chi connectivity index (χ1) is 7.25. The highest BCUT2D eigenvalue weighted by Crippen LogP contribution is 2.31. The van der Waals surface area contributed by atoms with E-state index in [0.717, 1.165) is 27.5 Å². The van der Waals surface area contributed by atoms with Gasteiger partial charge in [0.25, 0.3) is 0 Å². The lowest BCUT2D eigenvalue weighted by Gasteiger charge is -1.91. The maximum absolute atomic E-state index is 5.93. The smallest absolute Gasteiger partial charge is 0.138 e. The number of benzene rings is 2. The van der Waals surface area contributed by atoms with Crippen molar-refractivity contribution < 1.29 is 4.42 Å². The molecule has 0 saturated heterocycles. The van der Waals surface area contributed by atoms with Gasteiger partial charge in [0.15, 0.2) is 0 Å². The molecule has 0 aliphatic heterocycles. The monoisotopic (exact) mass is 216 g/mol. The van der Waals surface area contributed by atoms with E-state index in [2.05, 4.69) is 6.07 Å². The zero-order valence-corrected chi connectivity index (χ0v) is 9.01. The van der Waals surface area contributed by atoms with E-state index < -0.39 is 0 Å². The van der Waals surface area contributed by atoms with E-state index in [-0.39, 0.29) is 0 Å². The van der Waals surface area contributed by atoms with Crippen molar-refractivity contribution in [2.75, 3.05) is 0 Å². The fourth-order valence-electron chi connectivity index (χ4n) is 1.91. The number of rotatable bonds is 0. The van der Waals surface area contributed by atoms with E-state index in [1.807, 2.05) is 37.3 Å². The van der Waals surface area contributed by atoms with Gasteiger partial charge >= 0.3 is 0 Å². The molecule has 2 aromatic carbocycles. The fourth-order valence-corrected chi connectivity index (χ4v) is 2.08. The summed E-state index contributed by atoms with van der Waals surface area (Å²) in [5.41, 5.74) is 2.96. The van der Waals surface area contributed by atoms with Gasteiger partial charge in [-0.1, -0.05) is 29.8 Å². The first-order valence-electron chi connectivity index (χ1n) is 4.83. The second-order valence-corrected chi connectivity index (χ2v) is 4.13. The van der Waals surface area contributed by atoms with Gasteiger partial charge in [0.05, 0.1) is 0 Å². The molecule has 3 aromatic rings. The van der Waals surface area contributed by atoms with Gasteiger partial charge in [0, 0.05) is 21.9 Å². The summed E-state index contributed by atoms with van der Waals surface area (Å²) in [5.74, 6) is 0. The summed E-state index contributed by atoms with van der Waals surface area (Å²) in [4.78, 5) is 0. The molecule has 0 fully saturated rings. The number of hydrogen-bond acceptors (Lipinski definition) is 1. The normalized spacial score (nSPS) is 11.3. The van der Waals surface area contributed by atoms with Gasteiger partial charge in [-0.05, 0) is 24.6 Å². The second kappa shape index (κ2) is 3.01. The van der Waals surface area contributed by atoms with Crippen LogP contribution in [-0.2, 0) is 0 Å². The molecular weight excluding hydrogens is 208 g/mol. The van der Waals surface area contributed by atoms with Crippen LogP contribution < -0.4 is 0 Å². The predicted octanol–water partition coefficient (Wildman–Crippen LogP) is 4.55. The number of furan rings is 1. The van der Waals surface area contributed by atoms with Gasteiger partial charge in [-0.15, -0.1) is 0 Å². The Morgan fingerprint density at radius 3 is 2.80 bits per heavy atom. The molecule has 1 nitrogen and oxygen atoms in total. The minimum absolute atomic E-state index is 0.708. The summed E-state index contributed by atoms with van der Waals surface area (Å²) in [5, 5.41) is 2.99. The van der Waals surface area contributed by atoms with Crippen molar-refractivity contribution in [2.24, 2.45) is 0 Å². The SMILES string of the molecule is Cc1cccc2c1oc1cc(Cl)ccc12. The number of aryl methyl sites for hydroxylation is 1. The van der Waals surface area contributed by atoms with Crippen LogP contribution >= 0.6 is 11.6 Å². The Morgan fingerprint density at radius 2 is 1.93 bits per heavy atom. The summed E-state index contributed by atoms with van der Waals surface area (Å²) in [7, 11) is 0. The molecule has 1 aromatic heterocycles. The van der Waals surface area contributed by atoms with Crippen LogP contribution in [0.2, 0.25) is 5.02 Å². The lowest BCUT2D eigenvalue weighted by Crippen LogP contribution is -1.70. The van der Waals surface area contributed by atoms with Gasteiger partial charge in [-0.2, -0.15) is 0 Å². The molecule has 0 aliphatic rings. The summed E-state index contributed by atoms with van der Waals surface area (Å²) < 4.78 is 5.78. The molecule has 15 heavy (non-hydrogen) atoms. The minimum Gasteiger partial charge on any atom is -0.456 e. The Kier molecular flexibility index (Phi) is 1.77. The quantitative estimate of drug-likeness (QED) is 0.537. The van der Waals surface area contributed by atoms with E-state index >= 15 is 0 Å². The highest BCUT2D eigenvalue weighted by molar-refractivity contribution is 6.31. The molecular formula is C13H9ClO. The van der Waals surface area contributed by atoms with Crippen LogP contribution in [-0.4, -0.2) is 0 Å². The average Bonchev–Trinajstić information content (AvgIpc) is 2.57. The van der Waals surface area contributed by atoms with Gasteiger partial charge in [-0.3, -0.25) is 0 Å². The van der Waals surface area contributed by atoms with E-state index in [1.165, 1.54) is 0 Å². The molecule has 0 spiro atoms. The molecule has 0 unspecified atom stereocenters. The maximum Gasteiger partial charge on any atom is 0.138 e. The molecule has 1 heterocycles. The van der Waals surface area contributed by atoms with Crippen molar-refractivity contribution in [3.05, 3.63) is 47.0 Å². The summed E-state index contributed by atoms with van der Waals surface area (Å²) in [6, 6.07) is 11.9. The standard InChI is InChI=1S/C13H9ClO/c1-8-3-2-4-11-10-6-5-9(14)7-12(10)15-13(8)11/h2-7H,1H3. The third kappa shape index (κ3) is 1.24. The van der Waals surface area contributed by atoms with Crippen molar-refractivity contribution in [1.82, 2.24) is 0 Å². The van der Waals surface area contributed by atoms with Gasteiger partial charge < -0.3 is 4.42 Å². The van der Waals surface area contributed by atoms with E-state index in [0.29, 0.717) is 5.02 Å². The lowest BCUT2D eigenvalue weighted by atomic mass is 10.1. The first kappa shape index (κ1) is 8.81. The van der Waals surface area contributed by atoms with Crippen LogP contribution in [0.1, 0.15) is 5.56 Å². The van der Waals surface area contributed by atoms with Crippen molar-refractivity contribution in [3.63, 3.8) is 0 Å². The van der Waals surface area contributed by atoms with E-state index in [1.54, 1.807) is 0 Å². The Labute approximate surface area is 92.3 Å². The van der Waals surface area contributed by atoms with Crippen LogP contribution in [0, 0.1) is 6.92 Å². The van der Waals surface area contributed by atoms with Crippen LogP contribution in [0.4, 0.5) is 0 Å². The lowest BCUT2D eigenvalue weighted by molar-refractivity contribution is 0.666. The van der Waals surface area contributed by atoms with Gasteiger partial charge in [-0.25, -0.2) is 0 Å². The van der Waals surface area contributed by atoms with Crippen LogP contribution in [0.5, 0.6) is 0 Å². The molecule has 0 bridgehead atoms. The van der Waals surface area contributed by atoms with Crippen molar-refractivity contribution in [1.29, 1.82) is 0 Å². The largest absolute Gasteiger partial charge is 0.456 e. The van der Waals surface area contributed by atoms with Gasteiger partial charge in [0.2, 0.25) is 0 Å².